The van der Waals surface area contributed by atoms with E-state index in [1.807, 2.05) is 6.07 Å². The van der Waals surface area contributed by atoms with Crippen LogP contribution in [-0.4, -0.2) is 35.9 Å². The normalized spacial score (nSPS) is 10.9. The zero-order chi connectivity index (χ0) is 22.8. The summed E-state index contributed by atoms with van der Waals surface area (Å²) in [5, 5.41) is 20.6. The Labute approximate surface area is 210 Å². The molecule has 0 fully saturated rings. The van der Waals surface area contributed by atoms with E-state index in [4.69, 9.17) is 5.73 Å². The first kappa shape index (κ1) is 26.1. The number of anilines is 1. The summed E-state index contributed by atoms with van der Waals surface area (Å²) >= 11 is 0. The third-order valence-electron chi connectivity index (χ3n) is 5.06. The predicted octanol–water partition coefficient (Wildman–Crippen LogP) is 3.81. The number of nitriles is 1. The number of aryl methyl sites for hydroxylation is 2. The fourth-order valence-electron chi connectivity index (χ4n) is 3.38. The van der Waals surface area contributed by atoms with E-state index >= 15 is 0 Å². The van der Waals surface area contributed by atoms with E-state index < -0.39 is 0 Å². The Balaban J connectivity index is 0.00000385. The van der Waals surface area contributed by atoms with Gasteiger partial charge < -0.3 is 16.4 Å². The van der Waals surface area contributed by atoms with Gasteiger partial charge >= 0.3 is 0 Å². The number of halogens is 2. The molecule has 7 nitrogen and oxygen atoms in total. The summed E-state index contributed by atoms with van der Waals surface area (Å²) in [5.41, 5.74) is 9.03. The van der Waals surface area contributed by atoms with Crippen molar-refractivity contribution >= 4 is 35.8 Å². The van der Waals surface area contributed by atoms with E-state index in [9.17, 15) is 9.65 Å². The smallest absolute Gasteiger partial charge is 0.190 e. The van der Waals surface area contributed by atoms with Crippen molar-refractivity contribution in [3.63, 3.8) is 0 Å². The molecule has 3 aromatic rings. The topological polar surface area (TPSA) is 104 Å². The molecule has 0 aliphatic rings. The Morgan fingerprint density at radius 1 is 1.06 bits per heavy atom. The fraction of sp³-hybridized carbons (Fsp3) is 0.292. The van der Waals surface area contributed by atoms with Crippen molar-refractivity contribution < 1.29 is 4.39 Å². The van der Waals surface area contributed by atoms with E-state index in [0.717, 1.165) is 31.8 Å². The van der Waals surface area contributed by atoms with Crippen LogP contribution in [0.5, 0.6) is 0 Å². The standard InChI is InChI=1S/C24H28FN7.HI/c1-28-24(29-15-5-9-18-7-3-2-4-8-18)30-16-6-10-22-21(17-26)23(27)32(31-22)20-13-11-19(25)12-14-20;/h2-4,7-8,11-14H,5-6,9-10,15-16,27H2,1H3,(H2,28,29,30);1H. The molecule has 1 heterocycles. The molecule has 9 heteroatoms. The largest absolute Gasteiger partial charge is 0.382 e. The molecule has 2 aromatic carbocycles. The minimum absolute atomic E-state index is 0. The van der Waals surface area contributed by atoms with Gasteiger partial charge in [-0.3, -0.25) is 4.99 Å². The van der Waals surface area contributed by atoms with Gasteiger partial charge in [-0.05, 0) is 55.5 Å². The predicted molar refractivity (Wildman–Crippen MR) is 141 cm³/mol. The van der Waals surface area contributed by atoms with E-state index in [1.54, 1.807) is 19.2 Å². The van der Waals surface area contributed by atoms with Gasteiger partial charge in [-0.1, -0.05) is 30.3 Å². The van der Waals surface area contributed by atoms with E-state index in [2.05, 4.69) is 51.1 Å². The van der Waals surface area contributed by atoms with Crippen LogP contribution in [0, 0.1) is 17.1 Å². The van der Waals surface area contributed by atoms with Crippen LogP contribution < -0.4 is 16.4 Å². The van der Waals surface area contributed by atoms with Gasteiger partial charge in [-0.15, -0.1) is 24.0 Å². The third kappa shape index (κ3) is 7.46. The SMILES string of the molecule is CN=C(NCCCc1ccccc1)NCCCc1nn(-c2ccc(F)cc2)c(N)c1C#N.I. The van der Waals surface area contributed by atoms with Crippen molar-refractivity contribution in [2.45, 2.75) is 25.7 Å². The number of nitrogen functional groups attached to an aromatic ring is 1. The zero-order valence-corrected chi connectivity index (χ0v) is 20.9. The Morgan fingerprint density at radius 2 is 1.70 bits per heavy atom. The average Bonchev–Trinajstić information content (AvgIpc) is 3.14. The van der Waals surface area contributed by atoms with Crippen LogP contribution in [0.25, 0.3) is 5.69 Å². The molecular formula is C24H29FIN7. The van der Waals surface area contributed by atoms with Crippen LogP contribution in [-0.2, 0) is 12.8 Å². The number of aromatic nitrogens is 2. The van der Waals surface area contributed by atoms with Gasteiger partial charge in [0.1, 0.15) is 23.3 Å². The van der Waals surface area contributed by atoms with Crippen molar-refractivity contribution in [1.29, 1.82) is 5.26 Å². The Bertz CT molecular complexity index is 1070. The molecular weight excluding hydrogens is 532 g/mol. The number of aliphatic imine (C=N–C) groups is 1. The van der Waals surface area contributed by atoms with Crippen molar-refractivity contribution in [3.8, 4) is 11.8 Å². The fourth-order valence-corrected chi connectivity index (χ4v) is 3.38. The van der Waals surface area contributed by atoms with Gasteiger partial charge in [-0.25, -0.2) is 9.07 Å². The number of nitrogens with zero attached hydrogens (tertiary/aromatic N) is 4. The Kier molecular flexibility index (Phi) is 10.6. The number of hydrogen-bond donors (Lipinski definition) is 3. The van der Waals surface area contributed by atoms with E-state index in [1.165, 1.54) is 22.4 Å². The summed E-state index contributed by atoms with van der Waals surface area (Å²) in [4.78, 5) is 4.25. The summed E-state index contributed by atoms with van der Waals surface area (Å²) in [6.45, 7) is 1.50. The van der Waals surface area contributed by atoms with E-state index in [-0.39, 0.29) is 35.6 Å². The first-order valence-corrected chi connectivity index (χ1v) is 10.6. The van der Waals surface area contributed by atoms with Gasteiger partial charge in [0.05, 0.1) is 11.4 Å². The lowest BCUT2D eigenvalue weighted by molar-refractivity contribution is 0.627. The summed E-state index contributed by atoms with van der Waals surface area (Å²) in [6, 6.07) is 18.4. The molecule has 0 bridgehead atoms. The number of benzene rings is 2. The number of hydrogen-bond acceptors (Lipinski definition) is 4. The summed E-state index contributed by atoms with van der Waals surface area (Å²) in [5.74, 6) is 0.668. The highest BCUT2D eigenvalue weighted by Gasteiger charge is 2.16. The first-order valence-electron chi connectivity index (χ1n) is 10.6. The number of nitrogens with two attached hydrogens (primary N) is 1. The van der Waals surface area contributed by atoms with Gasteiger partial charge in [0.25, 0.3) is 0 Å². The lowest BCUT2D eigenvalue weighted by Gasteiger charge is -2.11. The minimum Gasteiger partial charge on any atom is -0.382 e. The maximum absolute atomic E-state index is 13.2. The van der Waals surface area contributed by atoms with Crippen molar-refractivity contribution in [1.82, 2.24) is 20.4 Å². The maximum Gasteiger partial charge on any atom is 0.190 e. The summed E-state index contributed by atoms with van der Waals surface area (Å²) in [7, 11) is 1.74. The van der Waals surface area contributed by atoms with Crippen LogP contribution in [0.1, 0.15) is 29.7 Å². The molecule has 0 aliphatic heterocycles. The lowest BCUT2D eigenvalue weighted by Crippen LogP contribution is -2.38. The van der Waals surface area contributed by atoms with Crippen molar-refractivity contribution in [2.24, 2.45) is 4.99 Å². The van der Waals surface area contributed by atoms with Crippen LogP contribution in [0.3, 0.4) is 0 Å². The molecule has 0 amide bonds. The molecule has 0 saturated carbocycles. The second-order valence-corrected chi connectivity index (χ2v) is 7.33. The summed E-state index contributed by atoms with van der Waals surface area (Å²) in [6.07, 6.45) is 3.36. The van der Waals surface area contributed by atoms with Crippen molar-refractivity contribution in [2.75, 3.05) is 25.9 Å². The molecule has 1 aromatic heterocycles. The summed E-state index contributed by atoms with van der Waals surface area (Å²) < 4.78 is 14.7. The van der Waals surface area contributed by atoms with Crippen LogP contribution in [0.15, 0.2) is 59.6 Å². The quantitative estimate of drug-likeness (QED) is 0.160. The molecule has 4 N–H and O–H groups in total. The highest BCUT2D eigenvalue weighted by molar-refractivity contribution is 14.0. The highest BCUT2D eigenvalue weighted by Crippen LogP contribution is 2.21. The molecule has 3 rings (SSSR count). The van der Waals surface area contributed by atoms with Gasteiger partial charge in [-0.2, -0.15) is 10.4 Å². The number of rotatable bonds is 9. The second-order valence-electron chi connectivity index (χ2n) is 7.33. The van der Waals surface area contributed by atoms with Gasteiger partial charge in [0.15, 0.2) is 5.96 Å². The monoisotopic (exact) mass is 561 g/mol. The van der Waals surface area contributed by atoms with Gasteiger partial charge in [0, 0.05) is 20.1 Å². The highest BCUT2D eigenvalue weighted by atomic mass is 127. The maximum atomic E-state index is 13.2. The van der Waals surface area contributed by atoms with E-state index in [0.29, 0.717) is 29.9 Å². The molecule has 174 valence electrons. The average molecular weight is 561 g/mol. The first-order chi connectivity index (χ1) is 15.6. The van der Waals surface area contributed by atoms with Crippen molar-refractivity contribution in [3.05, 3.63) is 77.2 Å². The molecule has 0 unspecified atom stereocenters. The lowest BCUT2D eigenvalue weighted by atomic mass is 10.1. The molecule has 0 atom stereocenters. The molecule has 0 aliphatic carbocycles. The second kappa shape index (κ2) is 13.4. The Morgan fingerprint density at radius 3 is 2.30 bits per heavy atom. The Hall–Kier alpha value is -3.13. The zero-order valence-electron chi connectivity index (χ0n) is 18.6. The molecule has 0 spiro atoms. The number of guanidine groups is 1. The van der Waals surface area contributed by atoms with Crippen LogP contribution >= 0.6 is 24.0 Å². The molecule has 33 heavy (non-hydrogen) atoms. The third-order valence-corrected chi connectivity index (χ3v) is 5.06. The van der Waals surface area contributed by atoms with Gasteiger partial charge in [0.2, 0.25) is 0 Å². The molecule has 0 radical (unpaired) electrons. The van der Waals surface area contributed by atoms with Crippen LogP contribution in [0.4, 0.5) is 10.2 Å². The molecule has 0 saturated heterocycles. The number of nitrogens with one attached hydrogen (secondary N) is 2. The van der Waals surface area contributed by atoms with Crippen LogP contribution in [0.2, 0.25) is 0 Å². The minimum atomic E-state index is -0.339.